The molecule has 0 saturated heterocycles. The third-order valence-corrected chi connectivity index (χ3v) is 3.40. The minimum atomic E-state index is 0.0735. The fourth-order valence-corrected chi connectivity index (χ4v) is 2.34. The third-order valence-electron chi connectivity index (χ3n) is 2.04. The summed E-state index contributed by atoms with van der Waals surface area (Å²) >= 11 is 5.62. The van der Waals surface area contributed by atoms with Crippen LogP contribution in [0.4, 0.5) is 0 Å². The van der Waals surface area contributed by atoms with Gasteiger partial charge in [0.2, 0.25) is 0 Å². The van der Waals surface area contributed by atoms with E-state index in [1.165, 1.54) is 11.3 Å². The van der Waals surface area contributed by atoms with Crippen molar-refractivity contribution >= 4 is 29.9 Å². The number of carbonyl (C=O) groups excluding carboxylic acids is 1. The average Bonchev–Trinajstić information content (AvgIpc) is 2.64. The average molecular weight is 241 g/mol. The van der Waals surface area contributed by atoms with Gasteiger partial charge in [0.05, 0.1) is 4.88 Å². The van der Waals surface area contributed by atoms with Gasteiger partial charge in [-0.3, -0.25) is 4.79 Å². The first-order valence-corrected chi connectivity index (χ1v) is 6.11. The minimum absolute atomic E-state index is 0.0735. The van der Waals surface area contributed by atoms with Crippen LogP contribution in [0.2, 0.25) is 0 Å². The van der Waals surface area contributed by atoms with E-state index in [1.807, 2.05) is 18.5 Å². The largest absolute Gasteiger partial charge is 0.341 e. The highest BCUT2D eigenvalue weighted by Gasteiger charge is 2.12. The summed E-state index contributed by atoms with van der Waals surface area (Å²) in [6, 6.07) is 1.81. The van der Waals surface area contributed by atoms with E-state index in [1.54, 1.807) is 11.0 Å². The second-order valence-corrected chi connectivity index (χ2v) is 4.75. The number of rotatable bonds is 5. The molecule has 0 atom stereocenters. The summed E-state index contributed by atoms with van der Waals surface area (Å²) in [4.78, 5) is 15.2. The molecule has 1 aromatic rings. The van der Waals surface area contributed by atoms with Crippen molar-refractivity contribution in [3.05, 3.63) is 29.0 Å². The first-order chi connectivity index (χ1) is 7.15. The Morgan fingerprint density at radius 3 is 3.00 bits per heavy atom. The van der Waals surface area contributed by atoms with Crippen molar-refractivity contribution in [1.82, 2.24) is 4.90 Å². The maximum Gasteiger partial charge on any atom is 0.263 e. The Kier molecular flexibility index (Phi) is 4.91. The molecule has 0 unspecified atom stereocenters. The van der Waals surface area contributed by atoms with Gasteiger partial charge in [0.25, 0.3) is 5.91 Å². The van der Waals surface area contributed by atoms with Crippen molar-refractivity contribution < 1.29 is 4.79 Å². The van der Waals surface area contributed by atoms with Crippen LogP contribution in [0.5, 0.6) is 0 Å². The van der Waals surface area contributed by atoms with Crippen molar-refractivity contribution in [3.63, 3.8) is 0 Å². The maximum atomic E-state index is 11.8. The van der Waals surface area contributed by atoms with Crippen molar-refractivity contribution in [2.45, 2.75) is 17.7 Å². The second kappa shape index (κ2) is 5.98. The van der Waals surface area contributed by atoms with Crippen LogP contribution in [0.25, 0.3) is 0 Å². The highest BCUT2D eigenvalue weighted by Crippen LogP contribution is 2.19. The van der Waals surface area contributed by atoms with Crippen LogP contribution < -0.4 is 0 Å². The summed E-state index contributed by atoms with van der Waals surface area (Å²) in [5.74, 6) is 0.0735. The molecule has 2 nitrogen and oxygen atoms in total. The number of hydrogen-bond acceptors (Lipinski definition) is 3. The normalized spacial score (nSPS) is 10.0. The van der Waals surface area contributed by atoms with Gasteiger partial charge in [0.15, 0.2) is 0 Å². The van der Waals surface area contributed by atoms with Gasteiger partial charge in [-0.15, -0.1) is 30.5 Å². The smallest absolute Gasteiger partial charge is 0.263 e. The zero-order valence-electron chi connectivity index (χ0n) is 8.77. The zero-order valence-corrected chi connectivity index (χ0v) is 10.5. The van der Waals surface area contributed by atoms with Crippen molar-refractivity contribution in [2.24, 2.45) is 0 Å². The van der Waals surface area contributed by atoms with Crippen LogP contribution >= 0.6 is 24.0 Å². The lowest BCUT2D eigenvalue weighted by atomic mass is 10.3. The first-order valence-electron chi connectivity index (χ1n) is 4.79. The van der Waals surface area contributed by atoms with Crippen LogP contribution in [0.15, 0.2) is 29.0 Å². The van der Waals surface area contributed by atoms with E-state index >= 15 is 0 Å². The number of hydrogen-bond donors (Lipinski definition) is 1. The summed E-state index contributed by atoms with van der Waals surface area (Å²) in [6.45, 7) is 4.42. The van der Waals surface area contributed by atoms with E-state index in [0.717, 1.165) is 29.2 Å². The van der Waals surface area contributed by atoms with Gasteiger partial charge in [-0.1, -0.05) is 6.08 Å². The Balaban J connectivity index is 2.49. The van der Waals surface area contributed by atoms with Crippen LogP contribution in [-0.4, -0.2) is 24.4 Å². The lowest BCUT2D eigenvalue weighted by Crippen LogP contribution is -2.26. The van der Waals surface area contributed by atoms with Crippen molar-refractivity contribution in [1.29, 1.82) is 0 Å². The molecule has 0 aliphatic carbocycles. The molecule has 15 heavy (non-hydrogen) atoms. The SMILES string of the molecule is C=CCCCN(C)C(=O)c1cc(S)cs1. The van der Waals surface area contributed by atoms with Crippen molar-refractivity contribution in [2.75, 3.05) is 13.6 Å². The van der Waals surface area contributed by atoms with Crippen LogP contribution in [0.1, 0.15) is 22.5 Å². The van der Waals surface area contributed by atoms with E-state index in [0.29, 0.717) is 0 Å². The molecular weight excluding hydrogens is 226 g/mol. The number of nitrogens with zero attached hydrogens (tertiary/aromatic N) is 1. The van der Waals surface area contributed by atoms with E-state index in [-0.39, 0.29) is 5.91 Å². The first kappa shape index (κ1) is 12.3. The van der Waals surface area contributed by atoms with Crippen LogP contribution in [0, 0.1) is 0 Å². The molecule has 82 valence electrons. The molecule has 0 spiro atoms. The van der Waals surface area contributed by atoms with Gasteiger partial charge in [0.1, 0.15) is 0 Å². The lowest BCUT2D eigenvalue weighted by Gasteiger charge is -2.15. The van der Waals surface area contributed by atoms with Gasteiger partial charge < -0.3 is 4.90 Å². The summed E-state index contributed by atoms with van der Waals surface area (Å²) < 4.78 is 0. The summed E-state index contributed by atoms with van der Waals surface area (Å²) in [6.07, 6.45) is 3.78. The molecule has 0 aliphatic heterocycles. The molecule has 0 radical (unpaired) electrons. The lowest BCUT2D eigenvalue weighted by molar-refractivity contribution is 0.0798. The van der Waals surface area contributed by atoms with Crippen molar-refractivity contribution in [3.8, 4) is 0 Å². The Hall–Kier alpha value is -0.740. The monoisotopic (exact) mass is 241 g/mol. The molecule has 1 amide bonds. The zero-order chi connectivity index (χ0) is 11.3. The van der Waals surface area contributed by atoms with Crippen LogP contribution in [0.3, 0.4) is 0 Å². The van der Waals surface area contributed by atoms with Gasteiger partial charge in [-0.05, 0) is 18.9 Å². The summed E-state index contributed by atoms with van der Waals surface area (Å²) in [7, 11) is 1.82. The molecule has 0 fully saturated rings. The fourth-order valence-electron chi connectivity index (χ4n) is 1.20. The molecule has 0 bridgehead atoms. The number of thiophene rings is 1. The second-order valence-electron chi connectivity index (χ2n) is 3.33. The van der Waals surface area contributed by atoms with E-state index in [4.69, 9.17) is 0 Å². The predicted molar refractivity (Wildman–Crippen MR) is 68.0 cm³/mol. The topological polar surface area (TPSA) is 20.3 Å². The quantitative estimate of drug-likeness (QED) is 0.477. The van der Waals surface area contributed by atoms with Gasteiger partial charge >= 0.3 is 0 Å². The number of unbranched alkanes of at least 4 members (excludes halogenated alkanes) is 1. The molecule has 1 heterocycles. The van der Waals surface area contributed by atoms with Crippen LogP contribution in [-0.2, 0) is 0 Å². The number of amides is 1. The fraction of sp³-hybridized carbons (Fsp3) is 0.364. The molecule has 0 aromatic carbocycles. The number of thiol groups is 1. The van der Waals surface area contributed by atoms with Gasteiger partial charge in [0, 0.05) is 23.9 Å². The highest BCUT2D eigenvalue weighted by atomic mass is 32.1. The summed E-state index contributed by atoms with van der Waals surface area (Å²) in [5, 5.41) is 1.87. The maximum absolute atomic E-state index is 11.8. The standard InChI is InChI=1S/C11H15NOS2/c1-3-4-5-6-12(2)11(13)10-7-9(14)8-15-10/h3,7-8,14H,1,4-6H2,2H3. The van der Waals surface area contributed by atoms with E-state index in [9.17, 15) is 4.79 Å². The Morgan fingerprint density at radius 1 is 1.73 bits per heavy atom. The van der Waals surface area contributed by atoms with E-state index in [2.05, 4.69) is 19.2 Å². The van der Waals surface area contributed by atoms with Gasteiger partial charge in [-0.25, -0.2) is 0 Å². The molecule has 1 aromatic heterocycles. The molecule has 4 heteroatoms. The molecule has 1 rings (SSSR count). The number of allylic oxidation sites excluding steroid dienone is 1. The minimum Gasteiger partial charge on any atom is -0.341 e. The summed E-state index contributed by atoms with van der Waals surface area (Å²) in [5.41, 5.74) is 0. The van der Waals surface area contributed by atoms with E-state index < -0.39 is 0 Å². The van der Waals surface area contributed by atoms with Gasteiger partial charge in [-0.2, -0.15) is 0 Å². The Bertz CT molecular complexity index is 346. The highest BCUT2D eigenvalue weighted by molar-refractivity contribution is 7.80. The molecule has 0 aliphatic rings. The molecule has 0 N–H and O–H groups in total. The third kappa shape index (κ3) is 3.72. The Labute approximate surface area is 100 Å². The predicted octanol–water partition coefficient (Wildman–Crippen LogP) is 3.08. The number of carbonyl (C=O) groups is 1. The molecular formula is C11H15NOS2. The Morgan fingerprint density at radius 2 is 2.47 bits per heavy atom. The molecule has 0 saturated carbocycles.